The van der Waals surface area contributed by atoms with Gasteiger partial charge >= 0.3 is 5.97 Å². The van der Waals surface area contributed by atoms with Crippen molar-refractivity contribution in [2.24, 2.45) is 35.3 Å². The zero-order chi connectivity index (χ0) is 33.1. The number of carbonyl (C=O) groups is 3. The average molecular weight is 617 g/mol. The molecule has 1 heterocycles. The van der Waals surface area contributed by atoms with Gasteiger partial charge in [-0.25, -0.2) is 0 Å². The van der Waals surface area contributed by atoms with Crippen LogP contribution in [0.4, 0.5) is 0 Å². The Kier molecular flexibility index (Phi) is 14.8. The monoisotopic (exact) mass is 616 g/mol. The molecule has 0 radical (unpaired) electrons. The molecule has 2 amide bonds. The summed E-state index contributed by atoms with van der Waals surface area (Å²) in [6.07, 6.45) is 3.16. The molecule has 0 saturated heterocycles. The Morgan fingerprint density at radius 2 is 1.68 bits per heavy atom. The van der Waals surface area contributed by atoms with Crippen LogP contribution in [0.5, 0.6) is 0 Å². The fraction of sp³-hybridized carbons (Fsp3) is 0.676. The van der Waals surface area contributed by atoms with E-state index in [9.17, 15) is 24.6 Å². The van der Waals surface area contributed by atoms with Gasteiger partial charge in [0.05, 0.1) is 24.6 Å². The number of hydrogen-bond acceptors (Lipinski definition) is 6. The first-order chi connectivity index (χ1) is 20.7. The van der Waals surface area contributed by atoms with Crippen LogP contribution in [0.25, 0.3) is 10.9 Å². The van der Waals surface area contributed by atoms with Crippen LogP contribution in [-0.4, -0.2) is 71.0 Å². The number of aliphatic carboxylic acids is 1. The molecule has 10 nitrogen and oxygen atoms in total. The third kappa shape index (κ3) is 10.6. The number of carboxylic acid groups (broad SMARTS) is 1. The molecule has 0 unspecified atom stereocenters. The van der Waals surface area contributed by atoms with Crippen LogP contribution < -0.4 is 16.4 Å². The van der Waals surface area contributed by atoms with Gasteiger partial charge in [0.2, 0.25) is 11.8 Å². The third-order valence-corrected chi connectivity index (χ3v) is 8.75. The van der Waals surface area contributed by atoms with E-state index >= 15 is 0 Å². The summed E-state index contributed by atoms with van der Waals surface area (Å²) in [5.74, 6) is -2.73. The first kappa shape index (κ1) is 37.2. The molecule has 0 spiro atoms. The van der Waals surface area contributed by atoms with Gasteiger partial charge in [-0.15, -0.1) is 0 Å². The minimum absolute atomic E-state index is 0.00446. The van der Waals surface area contributed by atoms with Gasteiger partial charge in [-0.2, -0.15) is 0 Å². The van der Waals surface area contributed by atoms with Crippen LogP contribution in [-0.2, 0) is 32.1 Å². The summed E-state index contributed by atoms with van der Waals surface area (Å²) in [6, 6.07) is 4.98. The van der Waals surface area contributed by atoms with E-state index in [-0.39, 0.29) is 36.6 Å². The van der Waals surface area contributed by atoms with E-state index in [1.807, 2.05) is 27.7 Å². The van der Waals surface area contributed by atoms with Crippen molar-refractivity contribution in [1.29, 1.82) is 0 Å². The number of fused-ring (bicyclic) bond motifs is 1. The van der Waals surface area contributed by atoms with E-state index in [0.29, 0.717) is 13.0 Å². The standard InChI is InChI=1S/C34H56N4O6/c1-20(2)25(14-24-10-11-26-23(7)19-38(29(26)15-24)12-9-13-44-8)16-28(30(39)17-27(21(3)4)34(42)43)36-33(41)32(22(5)6)37-31(40)18-35/h10-11,15,19-22,25,27-28,30,32,39H,9,12-14,16-18,35H2,1-8H3,(H,36,41)(H,37,40)(H,42,43)/t25-,27-,28-,30-,32-/m0/s1. The predicted molar refractivity (Wildman–Crippen MR) is 174 cm³/mol. The molecular weight excluding hydrogens is 560 g/mol. The molecular formula is C34H56N4O6. The highest BCUT2D eigenvalue weighted by atomic mass is 16.5. The van der Waals surface area contributed by atoms with Crippen LogP contribution >= 0.6 is 0 Å². The molecule has 2 rings (SSSR count). The minimum atomic E-state index is -1.09. The first-order valence-corrected chi connectivity index (χ1v) is 16.0. The quantitative estimate of drug-likeness (QED) is 0.150. The maximum absolute atomic E-state index is 13.5. The number of ether oxygens (including phenoxy) is 1. The maximum atomic E-state index is 13.5. The summed E-state index contributed by atoms with van der Waals surface area (Å²) in [5, 5.41) is 28.2. The number of aliphatic hydroxyl groups is 1. The fourth-order valence-electron chi connectivity index (χ4n) is 5.87. The van der Waals surface area contributed by atoms with Crippen LogP contribution in [0.2, 0.25) is 0 Å². The van der Waals surface area contributed by atoms with Crippen molar-refractivity contribution in [2.45, 2.75) is 98.9 Å². The molecule has 10 heteroatoms. The fourth-order valence-corrected chi connectivity index (χ4v) is 5.87. The number of nitrogens with two attached hydrogens (primary N) is 1. The summed E-state index contributed by atoms with van der Waals surface area (Å²) in [6.45, 7) is 14.9. The van der Waals surface area contributed by atoms with Crippen molar-refractivity contribution < 1.29 is 29.3 Å². The Bertz CT molecular complexity index is 1220. The number of nitrogens with one attached hydrogen (secondary N) is 2. The normalized spacial score (nSPS) is 15.4. The number of rotatable bonds is 19. The maximum Gasteiger partial charge on any atom is 0.306 e. The predicted octanol–water partition coefficient (Wildman–Crippen LogP) is 3.88. The molecule has 248 valence electrons. The lowest BCUT2D eigenvalue weighted by Gasteiger charge is -2.33. The smallest absolute Gasteiger partial charge is 0.306 e. The molecule has 44 heavy (non-hydrogen) atoms. The van der Waals surface area contributed by atoms with Crippen molar-refractivity contribution in [3.05, 3.63) is 35.5 Å². The number of amides is 2. The van der Waals surface area contributed by atoms with Crippen molar-refractivity contribution in [1.82, 2.24) is 15.2 Å². The molecule has 0 saturated carbocycles. The zero-order valence-electron chi connectivity index (χ0n) is 27.9. The Morgan fingerprint density at radius 1 is 1.00 bits per heavy atom. The molecule has 2 aromatic rings. The first-order valence-electron chi connectivity index (χ1n) is 16.0. The lowest BCUT2D eigenvalue weighted by atomic mass is 9.80. The van der Waals surface area contributed by atoms with Crippen LogP contribution in [0, 0.1) is 36.5 Å². The number of aromatic nitrogens is 1. The molecule has 6 N–H and O–H groups in total. The molecule has 1 aromatic carbocycles. The van der Waals surface area contributed by atoms with Gasteiger partial charge in [-0.1, -0.05) is 53.7 Å². The van der Waals surface area contributed by atoms with Crippen LogP contribution in [0.15, 0.2) is 24.4 Å². The second-order valence-corrected chi connectivity index (χ2v) is 13.2. The van der Waals surface area contributed by atoms with E-state index in [1.165, 1.54) is 16.5 Å². The summed E-state index contributed by atoms with van der Waals surface area (Å²) in [4.78, 5) is 37.6. The second-order valence-electron chi connectivity index (χ2n) is 13.2. The highest BCUT2D eigenvalue weighted by Crippen LogP contribution is 2.29. The molecule has 0 aliphatic rings. The van der Waals surface area contributed by atoms with E-state index in [4.69, 9.17) is 10.5 Å². The van der Waals surface area contributed by atoms with Gasteiger partial charge in [0.25, 0.3) is 0 Å². The Labute approximate surface area is 263 Å². The van der Waals surface area contributed by atoms with E-state index in [1.54, 1.807) is 7.11 Å². The SMILES string of the molecule is COCCCn1cc(C)c2ccc(C[C@@H](C[C@H](NC(=O)[C@@H](NC(=O)CN)C(C)C)[C@@H](O)C[C@H](C(=O)O)C(C)C)C(C)C)cc21. The van der Waals surface area contributed by atoms with Gasteiger partial charge in [0, 0.05) is 37.4 Å². The molecule has 5 atom stereocenters. The lowest BCUT2D eigenvalue weighted by Crippen LogP contribution is -2.56. The number of hydrogen-bond donors (Lipinski definition) is 5. The van der Waals surface area contributed by atoms with Gasteiger partial charge in [-0.3, -0.25) is 14.4 Å². The Hall–Kier alpha value is -2.95. The summed E-state index contributed by atoms with van der Waals surface area (Å²) in [5.41, 5.74) is 9.02. The lowest BCUT2D eigenvalue weighted by molar-refractivity contribution is -0.144. The van der Waals surface area contributed by atoms with Gasteiger partial charge < -0.3 is 35.9 Å². The third-order valence-electron chi connectivity index (χ3n) is 8.75. The summed E-state index contributed by atoms with van der Waals surface area (Å²) >= 11 is 0. The number of nitrogens with zero attached hydrogens (tertiary/aromatic N) is 1. The number of aliphatic hydroxyl groups excluding tert-OH is 1. The van der Waals surface area contributed by atoms with Crippen molar-refractivity contribution >= 4 is 28.7 Å². The Balaban J connectivity index is 2.39. The Morgan fingerprint density at radius 3 is 2.23 bits per heavy atom. The van der Waals surface area contributed by atoms with E-state index in [2.05, 4.69) is 60.4 Å². The van der Waals surface area contributed by atoms with Gasteiger partial charge in [0.15, 0.2) is 0 Å². The average Bonchev–Trinajstić information content (AvgIpc) is 3.27. The largest absolute Gasteiger partial charge is 0.481 e. The number of carboxylic acids is 1. The number of methoxy groups -OCH3 is 1. The highest BCUT2D eigenvalue weighted by molar-refractivity contribution is 5.88. The molecule has 0 aliphatic carbocycles. The number of aryl methyl sites for hydroxylation is 2. The molecule has 0 aliphatic heterocycles. The zero-order valence-corrected chi connectivity index (χ0v) is 27.9. The highest BCUT2D eigenvalue weighted by Gasteiger charge is 2.34. The molecule has 0 bridgehead atoms. The molecule has 1 aromatic heterocycles. The van der Waals surface area contributed by atoms with E-state index < -0.39 is 41.9 Å². The summed E-state index contributed by atoms with van der Waals surface area (Å²) in [7, 11) is 1.71. The topological polar surface area (TPSA) is 156 Å². The molecule has 0 fully saturated rings. The van der Waals surface area contributed by atoms with E-state index in [0.717, 1.165) is 24.9 Å². The minimum Gasteiger partial charge on any atom is -0.481 e. The van der Waals surface area contributed by atoms with Crippen LogP contribution in [0.3, 0.4) is 0 Å². The van der Waals surface area contributed by atoms with Gasteiger partial charge in [-0.05, 0) is 73.5 Å². The van der Waals surface area contributed by atoms with Gasteiger partial charge in [0.1, 0.15) is 6.04 Å². The number of benzene rings is 1. The summed E-state index contributed by atoms with van der Waals surface area (Å²) < 4.78 is 7.52. The van der Waals surface area contributed by atoms with Crippen molar-refractivity contribution in [3.8, 4) is 0 Å². The van der Waals surface area contributed by atoms with Crippen molar-refractivity contribution in [3.63, 3.8) is 0 Å². The second kappa shape index (κ2) is 17.5. The van der Waals surface area contributed by atoms with Crippen LogP contribution in [0.1, 0.15) is 71.9 Å². The van der Waals surface area contributed by atoms with Crippen molar-refractivity contribution in [2.75, 3.05) is 20.3 Å². The number of carbonyl (C=O) groups excluding carboxylic acids is 2.